The number of methoxy groups -OCH3 is 3. The summed E-state index contributed by atoms with van der Waals surface area (Å²) in [4.78, 5) is 8.74. The summed E-state index contributed by atoms with van der Waals surface area (Å²) in [7, 11) is 4.78. The van der Waals surface area contributed by atoms with Crippen LogP contribution in [0.5, 0.6) is 28.7 Å². The summed E-state index contributed by atoms with van der Waals surface area (Å²) in [5.74, 6) is 2.93. The zero-order chi connectivity index (χ0) is 33.9. The first kappa shape index (κ1) is 34.6. The normalized spacial score (nSPS) is 11.0. The molecule has 0 aliphatic heterocycles. The van der Waals surface area contributed by atoms with E-state index in [4.69, 9.17) is 35.3 Å². The van der Waals surface area contributed by atoms with E-state index in [-0.39, 0.29) is 5.75 Å². The fraction of sp³-hybridized carbons (Fsp3) is 0.297. The number of nitrogens with one attached hydrogen (secondary N) is 2. The van der Waals surface area contributed by atoms with Crippen molar-refractivity contribution in [2.75, 3.05) is 46.4 Å². The molecular weight excluding hydrogens is 632 g/mol. The summed E-state index contributed by atoms with van der Waals surface area (Å²) < 4.78 is 28.3. The van der Waals surface area contributed by atoms with E-state index in [1.165, 1.54) is 19.0 Å². The van der Waals surface area contributed by atoms with Crippen molar-refractivity contribution in [1.29, 1.82) is 0 Å². The lowest BCUT2D eigenvalue weighted by Crippen LogP contribution is -2.17. The van der Waals surface area contributed by atoms with Gasteiger partial charge in [0.25, 0.3) is 0 Å². The molecule has 4 aromatic carbocycles. The van der Waals surface area contributed by atoms with Crippen LogP contribution in [0.25, 0.3) is 10.9 Å². The van der Waals surface area contributed by atoms with Crippen LogP contribution in [0.15, 0.2) is 73.1 Å². The molecule has 0 saturated heterocycles. The molecular formula is C37H41ClN4O6. The quantitative estimate of drug-likeness (QED) is 0.0864. The second-order valence-corrected chi connectivity index (χ2v) is 11.6. The third kappa shape index (κ3) is 8.97. The number of benzene rings is 4. The second kappa shape index (κ2) is 16.9. The van der Waals surface area contributed by atoms with Gasteiger partial charge in [0.2, 0.25) is 0 Å². The standard InChI is InChI=1S/C37H41ClN4O6/c1-24-7-9-25(10-8-24)22-47-14-15-48-28-17-34(44-2)30(35(18-28)45-3)21-39-13-5-6-26-11-12-27(38)16-31(26)42-37-29-19-33(43)36(46-4)20-32(29)40-23-41-37/h7-12,16-20,23,39,43H,5-6,13-15,21-22H2,1-4H3,(H,40,41,42). The van der Waals surface area contributed by atoms with Gasteiger partial charge in [0, 0.05) is 40.8 Å². The maximum atomic E-state index is 10.4. The molecule has 0 fully saturated rings. The van der Waals surface area contributed by atoms with Gasteiger partial charge >= 0.3 is 0 Å². The maximum Gasteiger partial charge on any atom is 0.162 e. The van der Waals surface area contributed by atoms with Crippen molar-refractivity contribution in [2.45, 2.75) is 32.9 Å². The number of halogens is 1. The molecule has 1 heterocycles. The molecule has 0 radical (unpaired) electrons. The number of fused-ring (bicyclic) bond motifs is 1. The summed E-state index contributed by atoms with van der Waals surface area (Å²) in [6, 6.07) is 21.1. The lowest BCUT2D eigenvalue weighted by atomic mass is 10.1. The first-order chi connectivity index (χ1) is 23.4. The number of hydrogen-bond acceptors (Lipinski definition) is 10. The Balaban J connectivity index is 1.15. The molecule has 0 aliphatic rings. The summed E-state index contributed by atoms with van der Waals surface area (Å²) in [5.41, 5.74) is 5.81. The van der Waals surface area contributed by atoms with E-state index in [0.29, 0.717) is 71.1 Å². The van der Waals surface area contributed by atoms with E-state index in [2.05, 4.69) is 51.8 Å². The third-order valence-electron chi connectivity index (χ3n) is 7.83. The van der Waals surface area contributed by atoms with E-state index in [1.54, 1.807) is 26.4 Å². The van der Waals surface area contributed by atoms with Gasteiger partial charge in [-0.05, 0) is 55.6 Å². The number of phenolic OH excluding ortho intramolecular Hbond substituents is 1. The van der Waals surface area contributed by atoms with Crippen LogP contribution in [-0.2, 0) is 24.3 Å². The highest BCUT2D eigenvalue weighted by Gasteiger charge is 2.15. The smallest absolute Gasteiger partial charge is 0.162 e. The molecule has 0 saturated carbocycles. The minimum absolute atomic E-state index is 0.00911. The summed E-state index contributed by atoms with van der Waals surface area (Å²) in [6.07, 6.45) is 3.10. The maximum absolute atomic E-state index is 10.4. The number of aromatic hydroxyl groups is 1. The van der Waals surface area contributed by atoms with Crippen molar-refractivity contribution < 1.29 is 28.8 Å². The molecule has 0 aliphatic carbocycles. The molecule has 252 valence electrons. The summed E-state index contributed by atoms with van der Waals surface area (Å²) in [6.45, 7) is 4.77. The molecule has 3 N–H and O–H groups in total. The van der Waals surface area contributed by atoms with Gasteiger partial charge in [0.05, 0.1) is 45.6 Å². The van der Waals surface area contributed by atoms with Crippen LogP contribution < -0.4 is 29.6 Å². The van der Waals surface area contributed by atoms with Crippen LogP contribution in [-0.4, -0.2) is 56.2 Å². The van der Waals surface area contributed by atoms with Crippen molar-refractivity contribution in [3.63, 3.8) is 0 Å². The van der Waals surface area contributed by atoms with Gasteiger partial charge in [0.15, 0.2) is 11.5 Å². The molecule has 11 heteroatoms. The molecule has 5 aromatic rings. The predicted molar refractivity (Wildman–Crippen MR) is 188 cm³/mol. The van der Waals surface area contributed by atoms with Crippen molar-refractivity contribution in [3.05, 3.63) is 100 Å². The Bertz CT molecular complexity index is 1790. The molecule has 0 atom stereocenters. The zero-order valence-corrected chi connectivity index (χ0v) is 28.4. The average molecular weight is 673 g/mol. The lowest BCUT2D eigenvalue weighted by molar-refractivity contribution is 0.0887. The van der Waals surface area contributed by atoms with Gasteiger partial charge in [-0.2, -0.15) is 0 Å². The van der Waals surface area contributed by atoms with Crippen molar-refractivity contribution in [3.8, 4) is 28.7 Å². The fourth-order valence-electron chi connectivity index (χ4n) is 5.27. The van der Waals surface area contributed by atoms with Crippen molar-refractivity contribution in [2.24, 2.45) is 0 Å². The number of hydrogen-bond donors (Lipinski definition) is 3. The number of aromatic nitrogens is 2. The van der Waals surface area contributed by atoms with Gasteiger partial charge in [-0.25, -0.2) is 9.97 Å². The van der Waals surface area contributed by atoms with Crippen LogP contribution in [0.3, 0.4) is 0 Å². The van der Waals surface area contributed by atoms with Gasteiger partial charge in [-0.15, -0.1) is 0 Å². The Morgan fingerprint density at radius 2 is 1.58 bits per heavy atom. The highest BCUT2D eigenvalue weighted by molar-refractivity contribution is 6.30. The molecule has 48 heavy (non-hydrogen) atoms. The molecule has 0 amide bonds. The van der Waals surface area contributed by atoms with E-state index in [9.17, 15) is 5.11 Å². The van der Waals surface area contributed by atoms with Crippen LogP contribution in [0.4, 0.5) is 11.5 Å². The predicted octanol–water partition coefficient (Wildman–Crippen LogP) is 7.38. The number of rotatable bonds is 17. The van der Waals surface area contributed by atoms with Gasteiger partial charge < -0.3 is 39.4 Å². The van der Waals surface area contributed by atoms with Gasteiger partial charge in [-0.3, -0.25) is 0 Å². The van der Waals surface area contributed by atoms with Crippen molar-refractivity contribution >= 4 is 34.0 Å². The zero-order valence-electron chi connectivity index (χ0n) is 27.6. The highest BCUT2D eigenvalue weighted by atomic mass is 35.5. The van der Waals surface area contributed by atoms with Gasteiger partial charge in [0.1, 0.15) is 36.0 Å². The number of phenols is 1. The summed E-state index contributed by atoms with van der Waals surface area (Å²) in [5, 5.41) is 18.5. The molecule has 0 spiro atoms. The second-order valence-electron chi connectivity index (χ2n) is 11.2. The summed E-state index contributed by atoms with van der Waals surface area (Å²) >= 11 is 6.37. The highest BCUT2D eigenvalue weighted by Crippen LogP contribution is 2.36. The third-order valence-corrected chi connectivity index (χ3v) is 8.06. The topological polar surface area (TPSA) is 116 Å². The monoisotopic (exact) mass is 672 g/mol. The van der Waals surface area contributed by atoms with Crippen LogP contribution in [0, 0.1) is 6.92 Å². The van der Waals surface area contributed by atoms with E-state index in [0.717, 1.165) is 41.8 Å². The largest absolute Gasteiger partial charge is 0.504 e. The first-order valence-electron chi connectivity index (χ1n) is 15.7. The number of anilines is 2. The fourth-order valence-corrected chi connectivity index (χ4v) is 5.45. The Kier molecular flexibility index (Phi) is 12.1. The van der Waals surface area contributed by atoms with E-state index >= 15 is 0 Å². The average Bonchev–Trinajstić information content (AvgIpc) is 3.09. The molecule has 10 nitrogen and oxygen atoms in total. The van der Waals surface area contributed by atoms with Crippen LogP contribution in [0.2, 0.25) is 5.02 Å². The number of ether oxygens (including phenoxy) is 5. The Morgan fingerprint density at radius 3 is 2.31 bits per heavy atom. The molecule has 0 unspecified atom stereocenters. The molecule has 1 aromatic heterocycles. The van der Waals surface area contributed by atoms with E-state index in [1.807, 2.05) is 30.3 Å². The minimum Gasteiger partial charge on any atom is -0.504 e. The van der Waals surface area contributed by atoms with E-state index < -0.39 is 0 Å². The van der Waals surface area contributed by atoms with Gasteiger partial charge in [-0.1, -0.05) is 47.5 Å². The minimum atomic E-state index is 0.00911. The van der Waals surface area contributed by atoms with Crippen molar-refractivity contribution in [1.82, 2.24) is 15.3 Å². The SMILES string of the molecule is COc1cc2ncnc(Nc3cc(Cl)ccc3CCCNCc3c(OC)cc(OCCOCc4ccc(C)cc4)cc3OC)c2cc1O. The molecule has 5 rings (SSSR count). The Labute approximate surface area is 286 Å². The van der Waals surface area contributed by atoms with Crippen LogP contribution in [0.1, 0.15) is 28.7 Å². The van der Waals surface area contributed by atoms with Crippen LogP contribution >= 0.6 is 11.6 Å². The Hall–Kier alpha value is -4.77. The number of aryl methyl sites for hydroxylation is 2. The Morgan fingerprint density at radius 1 is 0.833 bits per heavy atom. The lowest BCUT2D eigenvalue weighted by Gasteiger charge is -2.17. The number of nitrogens with zero attached hydrogens (tertiary/aromatic N) is 2. The molecule has 0 bridgehead atoms. The first-order valence-corrected chi connectivity index (χ1v) is 16.0.